The summed E-state index contributed by atoms with van der Waals surface area (Å²) in [6.45, 7) is 0. The van der Waals surface area contributed by atoms with E-state index in [-0.39, 0.29) is 0 Å². The van der Waals surface area contributed by atoms with E-state index in [1.807, 2.05) is 18.3 Å². The predicted molar refractivity (Wildman–Crippen MR) is 95.6 cm³/mol. The molecule has 120 valence electrons. The van der Waals surface area contributed by atoms with Gasteiger partial charge in [-0.15, -0.1) is 0 Å². The SMILES string of the molecule is COc1ccc(-c2ccnc3c2CCc2ccccc2-3)cc1OC. The Hall–Kier alpha value is -2.81. The maximum atomic E-state index is 5.46. The summed E-state index contributed by atoms with van der Waals surface area (Å²) < 4.78 is 10.8. The van der Waals surface area contributed by atoms with Crippen LogP contribution in [0.25, 0.3) is 22.4 Å². The number of benzene rings is 2. The van der Waals surface area contributed by atoms with Crippen LogP contribution in [0.15, 0.2) is 54.7 Å². The minimum atomic E-state index is 0.745. The zero-order valence-electron chi connectivity index (χ0n) is 13.9. The maximum Gasteiger partial charge on any atom is 0.161 e. The van der Waals surface area contributed by atoms with Gasteiger partial charge in [0.2, 0.25) is 0 Å². The first kappa shape index (κ1) is 14.8. The van der Waals surface area contributed by atoms with Gasteiger partial charge in [-0.25, -0.2) is 0 Å². The van der Waals surface area contributed by atoms with Crippen molar-refractivity contribution in [2.75, 3.05) is 14.2 Å². The molecule has 3 heteroatoms. The average Bonchev–Trinajstić information content (AvgIpc) is 2.66. The van der Waals surface area contributed by atoms with Crippen molar-refractivity contribution in [3.8, 4) is 33.9 Å². The van der Waals surface area contributed by atoms with Gasteiger partial charge in [0.25, 0.3) is 0 Å². The first-order valence-corrected chi connectivity index (χ1v) is 8.10. The first-order valence-electron chi connectivity index (χ1n) is 8.10. The summed E-state index contributed by atoms with van der Waals surface area (Å²) in [5, 5.41) is 0. The maximum absolute atomic E-state index is 5.46. The van der Waals surface area contributed by atoms with Crippen LogP contribution in [-0.4, -0.2) is 19.2 Å². The topological polar surface area (TPSA) is 31.4 Å². The number of hydrogen-bond donors (Lipinski definition) is 0. The number of fused-ring (bicyclic) bond motifs is 3. The number of nitrogens with zero attached hydrogens (tertiary/aromatic N) is 1. The molecule has 0 radical (unpaired) electrons. The van der Waals surface area contributed by atoms with E-state index in [1.54, 1.807) is 14.2 Å². The Balaban J connectivity index is 1.88. The van der Waals surface area contributed by atoms with E-state index >= 15 is 0 Å². The van der Waals surface area contributed by atoms with Crippen molar-refractivity contribution in [1.82, 2.24) is 4.98 Å². The van der Waals surface area contributed by atoms with E-state index in [4.69, 9.17) is 9.47 Å². The average molecular weight is 317 g/mol. The Morgan fingerprint density at radius 1 is 0.833 bits per heavy atom. The number of pyridine rings is 1. The van der Waals surface area contributed by atoms with E-state index in [2.05, 4.69) is 41.4 Å². The number of hydrogen-bond acceptors (Lipinski definition) is 3. The lowest BCUT2D eigenvalue weighted by Crippen LogP contribution is -2.07. The zero-order chi connectivity index (χ0) is 16.5. The molecule has 0 amide bonds. The second-order valence-electron chi connectivity index (χ2n) is 5.91. The Labute approximate surface area is 141 Å². The van der Waals surface area contributed by atoms with Gasteiger partial charge >= 0.3 is 0 Å². The summed E-state index contributed by atoms with van der Waals surface area (Å²) in [6.07, 6.45) is 3.95. The molecule has 1 heterocycles. The predicted octanol–water partition coefficient (Wildman–Crippen LogP) is 4.53. The van der Waals surface area contributed by atoms with E-state index in [9.17, 15) is 0 Å². The number of aromatic nitrogens is 1. The van der Waals surface area contributed by atoms with E-state index in [0.717, 1.165) is 35.6 Å². The van der Waals surface area contributed by atoms with E-state index in [0.29, 0.717) is 0 Å². The smallest absolute Gasteiger partial charge is 0.161 e. The summed E-state index contributed by atoms with van der Waals surface area (Å²) in [5.41, 5.74) is 7.39. The standard InChI is InChI=1S/C21H19NO2/c1-23-19-10-8-15(13-20(19)24-2)16-11-12-22-21-17-6-4-3-5-14(17)7-9-18(16)21/h3-6,8,10-13H,7,9H2,1-2H3. The molecule has 0 saturated carbocycles. The van der Waals surface area contributed by atoms with Crippen molar-refractivity contribution in [1.29, 1.82) is 0 Å². The van der Waals surface area contributed by atoms with Crippen molar-refractivity contribution in [3.05, 3.63) is 65.9 Å². The molecule has 4 rings (SSSR count). The Bertz CT molecular complexity index is 902. The van der Waals surface area contributed by atoms with Gasteiger partial charge in [0, 0.05) is 11.8 Å². The third-order valence-electron chi connectivity index (χ3n) is 4.67. The molecule has 2 aromatic carbocycles. The van der Waals surface area contributed by atoms with Crippen LogP contribution < -0.4 is 9.47 Å². The molecule has 1 aromatic heterocycles. The van der Waals surface area contributed by atoms with Crippen LogP contribution in [0, 0.1) is 0 Å². The summed E-state index contributed by atoms with van der Waals surface area (Å²) in [6, 6.07) is 16.7. The Morgan fingerprint density at radius 2 is 1.67 bits per heavy atom. The lowest BCUT2D eigenvalue weighted by Gasteiger charge is -2.21. The van der Waals surface area contributed by atoms with Crippen molar-refractivity contribution in [3.63, 3.8) is 0 Å². The lowest BCUT2D eigenvalue weighted by atomic mass is 9.85. The Morgan fingerprint density at radius 3 is 2.50 bits per heavy atom. The number of methoxy groups -OCH3 is 2. The van der Waals surface area contributed by atoms with E-state index < -0.39 is 0 Å². The molecule has 0 fully saturated rings. The molecule has 0 bridgehead atoms. The fourth-order valence-electron chi connectivity index (χ4n) is 3.48. The van der Waals surface area contributed by atoms with Gasteiger partial charge in [0.05, 0.1) is 19.9 Å². The fraction of sp³-hybridized carbons (Fsp3) is 0.190. The van der Waals surface area contributed by atoms with Crippen molar-refractivity contribution < 1.29 is 9.47 Å². The minimum Gasteiger partial charge on any atom is -0.493 e. The Kier molecular flexibility index (Phi) is 3.69. The van der Waals surface area contributed by atoms with Crippen molar-refractivity contribution in [2.45, 2.75) is 12.8 Å². The molecule has 3 aromatic rings. The lowest BCUT2D eigenvalue weighted by molar-refractivity contribution is 0.355. The second kappa shape index (κ2) is 6.00. The minimum absolute atomic E-state index is 0.745. The number of aryl methyl sites for hydroxylation is 1. The highest BCUT2D eigenvalue weighted by molar-refractivity contribution is 5.80. The molecule has 0 N–H and O–H groups in total. The molecular formula is C21H19NO2. The monoisotopic (exact) mass is 317 g/mol. The summed E-state index contributed by atoms with van der Waals surface area (Å²) in [4.78, 5) is 4.67. The van der Waals surface area contributed by atoms with Crippen LogP contribution in [-0.2, 0) is 12.8 Å². The van der Waals surface area contributed by atoms with Gasteiger partial charge in [-0.2, -0.15) is 0 Å². The zero-order valence-corrected chi connectivity index (χ0v) is 13.9. The molecule has 0 unspecified atom stereocenters. The van der Waals surface area contributed by atoms with Crippen LogP contribution in [0.1, 0.15) is 11.1 Å². The van der Waals surface area contributed by atoms with Gasteiger partial charge in [-0.05, 0) is 53.3 Å². The summed E-state index contributed by atoms with van der Waals surface area (Å²) in [5.74, 6) is 1.49. The highest BCUT2D eigenvalue weighted by atomic mass is 16.5. The molecule has 0 aliphatic heterocycles. The molecular weight excluding hydrogens is 298 g/mol. The molecule has 1 aliphatic rings. The van der Waals surface area contributed by atoms with Crippen LogP contribution in [0.5, 0.6) is 11.5 Å². The van der Waals surface area contributed by atoms with Crippen LogP contribution in [0.4, 0.5) is 0 Å². The first-order chi connectivity index (χ1) is 11.8. The van der Waals surface area contributed by atoms with Crippen LogP contribution >= 0.6 is 0 Å². The summed E-state index contributed by atoms with van der Waals surface area (Å²) >= 11 is 0. The van der Waals surface area contributed by atoms with E-state index in [1.165, 1.54) is 22.3 Å². The molecule has 0 spiro atoms. The van der Waals surface area contributed by atoms with Gasteiger partial charge in [-0.1, -0.05) is 30.3 Å². The van der Waals surface area contributed by atoms with Crippen molar-refractivity contribution >= 4 is 0 Å². The molecule has 1 aliphatic carbocycles. The second-order valence-corrected chi connectivity index (χ2v) is 5.91. The molecule has 24 heavy (non-hydrogen) atoms. The van der Waals surface area contributed by atoms with Crippen LogP contribution in [0.3, 0.4) is 0 Å². The quantitative estimate of drug-likeness (QED) is 0.711. The van der Waals surface area contributed by atoms with Gasteiger partial charge < -0.3 is 9.47 Å². The third-order valence-corrected chi connectivity index (χ3v) is 4.67. The highest BCUT2D eigenvalue weighted by Crippen LogP contribution is 2.39. The number of ether oxygens (including phenoxy) is 2. The van der Waals surface area contributed by atoms with Crippen LogP contribution in [0.2, 0.25) is 0 Å². The third kappa shape index (κ3) is 2.33. The molecule has 0 saturated heterocycles. The van der Waals surface area contributed by atoms with Gasteiger partial charge in [0.1, 0.15) is 0 Å². The normalized spacial score (nSPS) is 12.2. The van der Waals surface area contributed by atoms with Crippen molar-refractivity contribution in [2.24, 2.45) is 0 Å². The van der Waals surface area contributed by atoms with Gasteiger partial charge in [-0.3, -0.25) is 4.98 Å². The molecule has 3 nitrogen and oxygen atoms in total. The summed E-state index contributed by atoms with van der Waals surface area (Å²) in [7, 11) is 3.32. The fourth-order valence-corrected chi connectivity index (χ4v) is 3.48. The highest BCUT2D eigenvalue weighted by Gasteiger charge is 2.20. The molecule has 0 atom stereocenters. The number of rotatable bonds is 3. The van der Waals surface area contributed by atoms with Gasteiger partial charge in [0.15, 0.2) is 11.5 Å². The largest absolute Gasteiger partial charge is 0.493 e.